The Balaban J connectivity index is 2.05. The van der Waals surface area contributed by atoms with Crippen LogP contribution in [-0.2, 0) is 4.79 Å². The number of halogens is 1. The van der Waals surface area contributed by atoms with Crippen molar-refractivity contribution < 1.29 is 14.0 Å². The average molecular weight is 323 g/mol. The fraction of sp³-hybridized carbons (Fsp3) is 0.231. The number of aromatic amines is 1. The number of thioether (sulfide) groups is 1. The van der Waals surface area contributed by atoms with E-state index in [0.717, 1.165) is 11.8 Å². The molecule has 0 bridgehead atoms. The molecule has 1 aromatic carbocycles. The van der Waals surface area contributed by atoms with Gasteiger partial charge in [0.05, 0.1) is 10.8 Å². The summed E-state index contributed by atoms with van der Waals surface area (Å²) in [4.78, 5) is 26.9. The van der Waals surface area contributed by atoms with E-state index in [2.05, 4.69) is 25.8 Å². The first kappa shape index (κ1) is 16.0. The maximum Gasteiger partial charge on any atom is 0.321 e. The van der Waals surface area contributed by atoms with E-state index < -0.39 is 23.0 Å². The molecular weight excluding hydrogens is 309 g/mol. The summed E-state index contributed by atoms with van der Waals surface area (Å²) in [5.41, 5.74) is 0.296. The molecule has 0 aliphatic rings. The van der Waals surface area contributed by atoms with Crippen molar-refractivity contribution in [3.8, 4) is 11.4 Å². The zero-order valence-electron chi connectivity index (χ0n) is 11.9. The summed E-state index contributed by atoms with van der Waals surface area (Å²) in [6.45, 7) is 1.61. The zero-order valence-corrected chi connectivity index (χ0v) is 12.7. The van der Waals surface area contributed by atoms with E-state index in [1.807, 2.05) is 0 Å². The topological polar surface area (TPSA) is 99.8 Å². The minimum Gasteiger partial charge on any atom is -0.341 e. The van der Waals surface area contributed by atoms with E-state index in [1.54, 1.807) is 25.1 Å². The van der Waals surface area contributed by atoms with E-state index in [-0.39, 0.29) is 11.0 Å². The SMILES string of the molecule is CNC(=O)NC(=O)[C@@H](C)Sc1n[nH]c(-c2ccccc2F)n1. The largest absolute Gasteiger partial charge is 0.341 e. The highest BCUT2D eigenvalue weighted by Gasteiger charge is 2.19. The molecule has 1 heterocycles. The third-order valence-electron chi connectivity index (χ3n) is 2.71. The Hall–Kier alpha value is -2.42. The molecule has 0 fully saturated rings. The Morgan fingerprint density at radius 2 is 2.09 bits per heavy atom. The number of imide groups is 1. The van der Waals surface area contributed by atoms with Crippen LogP contribution >= 0.6 is 11.8 Å². The van der Waals surface area contributed by atoms with Crippen LogP contribution in [0.15, 0.2) is 29.4 Å². The molecule has 116 valence electrons. The van der Waals surface area contributed by atoms with Gasteiger partial charge in [-0.15, -0.1) is 5.10 Å². The number of nitrogens with zero attached hydrogens (tertiary/aromatic N) is 2. The van der Waals surface area contributed by atoms with Gasteiger partial charge in [0.25, 0.3) is 0 Å². The summed E-state index contributed by atoms with van der Waals surface area (Å²) in [6.07, 6.45) is 0. The lowest BCUT2D eigenvalue weighted by Gasteiger charge is -2.08. The summed E-state index contributed by atoms with van der Waals surface area (Å²) in [7, 11) is 1.41. The van der Waals surface area contributed by atoms with Crippen molar-refractivity contribution in [2.24, 2.45) is 0 Å². The van der Waals surface area contributed by atoms with Crippen LogP contribution in [0.2, 0.25) is 0 Å². The van der Waals surface area contributed by atoms with Crippen LogP contribution in [-0.4, -0.2) is 39.4 Å². The Kier molecular flexibility index (Phi) is 5.10. The quantitative estimate of drug-likeness (QED) is 0.741. The molecule has 2 rings (SSSR count). The predicted octanol–water partition coefficient (Wildman–Crippen LogP) is 1.55. The van der Waals surface area contributed by atoms with Gasteiger partial charge in [-0.05, 0) is 19.1 Å². The number of benzene rings is 1. The monoisotopic (exact) mass is 323 g/mol. The average Bonchev–Trinajstić information content (AvgIpc) is 2.95. The summed E-state index contributed by atoms with van der Waals surface area (Å²) in [5, 5.41) is 10.7. The van der Waals surface area contributed by atoms with Crippen LogP contribution in [0.5, 0.6) is 0 Å². The zero-order chi connectivity index (χ0) is 16.1. The maximum atomic E-state index is 13.7. The first-order valence-electron chi connectivity index (χ1n) is 6.37. The number of aromatic nitrogens is 3. The summed E-state index contributed by atoms with van der Waals surface area (Å²) in [5.74, 6) is -0.610. The second-order valence-corrected chi connectivity index (χ2v) is 5.58. The van der Waals surface area contributed by atoms with Crippen LogP contribution in [0, 0.1) is 5.82 Å². The normalized spacial score (nSPS) is 11.8. The van der Waals surface area contributed by atoms with Crippen molar-refractivity contribution >= 4 is 23.7 Å². The van der Waals surface area contributed by atoms with Crippen LogP contribution < -0.4 is 10.6 Å². The van der Waals surface area contributed by atoms with E-state index in [0.29, 0.717) is 5.56 Å². The fourth-order valence-electron chi connectivity index (χ4n) is 1.56. The number of nitrogens with one attached hydrogen (secondary N) is 3. The van der Waals surface area contributed by atoms with Crippen LogP contribution in [0.25, 0.3) is 11.4 Å². The Morgan fingerprint density at radius 3 is 2.77 bits per heavy atom. The summed E-state index contributed by atoms with van der Waals surface area (Å²) >= 11 is 1.06. The maximum absolute atomic E-state index is 13.7. The van der Waals surface area contributed by atoms with E-state index >= 15 is 0 Å². The molecule has 0 aliphatic heterocycles. The highest BCUT2D eigenvalue weighted by atomic mass is 32.2. The lowest BCUT2D eigenvalue weighted by molar-refractivity contribution is -0.119. The molecule has 0 saturated heterocycles. The molecule has 0 aliphatic carbocycles. The van der Waals surface area contributed by atoms with Gasteiger partial charge in [-0.25, -0.2) is 14.2 Å². The van der Waals surface area contributed by atoms with Gasteiger partial charge < -0.3 is 5.32 Å². The Labute approximate surface area is 130 Å². The van der Waals surface area contributed by atoms with Gasteiger partial charge in [0, 0.05) is 7.05 Å². The standard InChI is InChI=1S/C13H14FN5O2S/c1-7(11(20)17-12(21)15-2)22-13-16-10(18-19-13)8-5-3-4-6-9(8)14/h3-7H,1-2H3,(H,16,18,19)(H2,15,17,20,21)/t7-/m1/s1. The molecular formula is C13H14FN5O2S. The number of H-pyrrole nitrogens is 1. The number of amides is 3. The van der Waals surface area contributed by atoms with Gasteiger partial charge >= 0.3 is 6.03 Å². The van der Waals surface area contributed by atoms with Crippen LogP contribution in [0.1, 0.15) is 6.92 Å². The van der Waals surface area contributed by atoms with Gasteiger partial charge in [0.1, 0.15) is 5.82 Å². The van der Waals surface area contributed by atoms with Crippen molar-refractivity contribution in [2.75, 3.05) is 7.05 Å². The van der Waals surface area contributed by atoms with Crippen molar-refractivity contribution in [3.05, 3.63) is 30.1 Å². The van der Waals surface area contributed by atoms with E-state index in [9.17, 15) is 14.0 Å². The molecule has 3 amide bonds. The lowest BCUT2D eigenvalue weighted by Crippen LogP contribution is -2.41. The molecule has 9 heteroatoms. The summed E-state index contributed by atoms with van der Waals surface area (Å²) in [6, 6.07) is 5.58. The first-order valence-corrected chi connectivity index (χ1v) is 7.25. The number of carbonyl (C=O) groups excluding carboxylic acids is 2. The highest BCUT2D eigenvalue weighted by Crippen LogP contribution is 2.24. The Morgan fingerprint density at radius 1 is 1.36 bits per heavy atom. The van der Waals surface area contributed by atoms with Crippen LogP contribution in [0.4, 0.5) is 9.18 Å². The van der Waals surface area contributed by atoms with Gasteiger partial charge in [0.15, 0.2) is 5.82 Å². The molecule has 0 spiro atoms. The van der Waals surface area contributed by atoms with Crippen LogP contribution in [0.3, 0.4) is 0 Å². The minimum atomic E-state index is -0.584. The number of hydrogen-bond donors (Lipinski definition) is 3. The molecule has 3 N–H and O–H groups in total. The lowest BCUT2D eigenvalue weighted by atomic mass is 10.2. The van der Waals surface area contributed by atoms with Crippen molar-refractivity contribution in [2.45, 2.75) is 17.3 Å². The molecule has 0 radical (unpaired) electrons. The second kappa shape index (κ2) is 7.03. The van der Waals surface area contributed by atoms with Gasteiger partial charge in [0.2, 0.25) is 11.1 Å². The predicted molar refractivity (Wildman–Crippen MR) is 79.7 cm³/mol. The van der Waals surface area contributed by atoms with Gasteiger partial charge in [-0.3, -0.25) is 15.2 Å². The Bertz CT molecular complexity index is 691. The fourth-order valence-corrected chi connectivity index (χ4v) is 2.29. The number of carbonyl (C=O) groups is 2. The summed E-state index contributed by atoms with van der Waals surface area (Å²) < 4.78 is 13.7. The molecule has 2 aromatic rings. The first-order chi connectivity index (χ1) is 10.5. The highest BCUT2D eigenvalue weighted by molar-refractivity contribution is 8.00. The minimum absolute atomic E-state index is 0.277. The number of rotatable bonds is 4. The molecule has 7 nitrogen and oxygen atoms in total. The van der Waals surface area contributed by atoms with E-state index in [1.165, 1.54) is 13.1 Å². The second-order valence-electron chi connectivity index (χ2n) is 4.27. The van der Waals surface area contributed by atoms with Crippen molar-refractivity contribution in [1.29, 1.82) is 0 Å². The smallest absolute Gasteiger partial charge is 0.321 e. The third-order valence-corrected chi connectivity index (χ3v) is 3.67. The van der Waals surface area contributed by atoms with Gasteiger partial charge in [-0.1, -0.05) is 23.9 Å². The third kappa shape index (κ3) is 3.82. The molecule has 0 unspecified atom stereocenters. The van der Waals surface area contributed by atoms with E-state index in [4.69, 9.17) is 0 Å². The van der Waals surface area contributed by atoms with Gasteiger partial charge in [-0.2, -0.15) is 0 Å². The number of hydrogen-bond acceptors (Lipinski definition) is 5. The number of urea groups is 1. The van der Waals surface area contributed by atoms with Crippen molar-refractivity contribution in [1.82, 2.24) is 25.8 Å². The molecule has 1 aromatic heterocycles. The molecule has 1 atom stereocenters. The molecule has 22 heavy (non-hydrogen) atoms. The molecule has 0 saturated carbocycles. The van der Waals surface area contributed by atoms with Crippen molar-refractivity contribution in [3.63, 3.8) is 0 Å².